The van der Waals surface area contributed by atoms with Gasteiger partial charge in [-0.2, -0.15) is 0 Å². The molecule has 5 rings (SSSR count). The first kappa shape index (κ1) is 19.1. The Morgan fingerprint density at radius 1 is 1.11 bits per heavy atom. The van der Waals surface area contributed by atoms with Crippen LogP contribution >= 0.6 is 23.5 Å². The highest BCUT2D eigenvalue weighted by Gasteiger charge is 2.61. The summed E-state index contributed by atoms with van der Waals surface area (Å²) in [6.45, 7) is 3.35. The highest BCUT2D eigenvalue weighted by molar-refractivity contribution is 8.21. The lowest BCUT2D eigenvalue weighted by Crippen LogP contribution is -2.54. The Labute approximate surface area is 173 Å². The minimum atomic E-state index is 0.269. The summed E-state index contributed by atoms with van der Waals surface area (Å²) in [5.74, 6) is 5.26. The van der Waals surface area contributed by atoms with Crippen LogP contribution in [0.2, 0.25) is 0 Å². The lowest BCUT2D eigenvalue weighted by molar-refractivity contribution is -0.119. The van der Waals surface area contributed by atoms with Crippen molar-refractivity contribution < 1.29 is 9.53 Å². The normalized spacial score (nSPS) is 47.9. The molecule has 0 aromatic heterocycles. The molecular formula is C23H34O2S2. The number of carbonyl (C=O) groups excluding carboxylic acids is 1. The molecule has 3 saturated carbocycles. The smallest absolute Gasteiger partial charge is 0.123 e. The molecule has 2 nitrogen and oxygen atoms in total. The van der Waals surface area contributed by atoms with Gasteiger partial charge in [0.25, 0.3) is 0 Å². The molecule has 150 valence electrons. The van der Waals surface area contributed by atoms with Gasteiger partial charge in [-0.05, 0) is 74.5 Å². The van der Waals surface area contributed by atoms with E-state index in [4.69, 9.17) is 4.74 Å². The maximum Gasteiger partial charge on any atom is 0.123 e. The first-order valence-corrected chi connectivity index (χ1v) is 13.0. The van der Waals surface area contributed by atoms with Crippen LogP contribution < -0.4 is 0 Å². The van der Waals surface area contributed by atoms with Crippen LogP contribution in [-0.2, 0) is 9.53 Å². The average molecular weight is 407 g/mol. The fourth-order valence-corrected chi connectivity index (χ4v) is 11.1. The van der Waals surface area contributed by atoms with E-state index in [2.05, 4.69) is 36.5 Å². The Hall–Kier alpha value is 0.0700. The Balaban J connectivity index is 1.50. The molecule has 6 atom stereocenters. The van der Waals surface area contributed by atoms with Crippen LogP contribution in [-0.4, -0.2) is 35.6 Å². The van der Waals surface area contributed by atoms with E-state index in [0.29, 0.717) is 10.00 Å². The van der Waals surface area contributed by atoms with E-state index in [1.807, 2.05) is 7.11 Å². The van der Waals surface area contributed by atoms with Crippen molar-refractivity contribution >= 4 is 29.8 Å². The molecule has 1 saturated heterocycles. The van der Waals surface area contributed by atoms with Crippen LogP contribution in [0.4, 0.5) is 0 Å². The Morgan fingerprint density at radius 2 is 1.93 bits per heavy atom. The van der Waals surface area contributed by atoms with Gasteiger partial charge in [0.05, 0.1) is 10.7 Å². The van der Waals surface area contributed by atoms with Gasteiger partial charge in [-0.25, -0.2) is 0 Å². The third-order valence-corrected chi connectivity index (χ3v) is 12.7. The number of fused-ring (bicyclic) bond motifs is 5. The summed E-state index contributed by atoms with van der Waals surface area (Å²) >= 11 is 4.39. The SMILES string of the molecule is COC[C@]12CCC3(C=C1CC[C@@H]1[C@@H]2CC[C@]2(C)[C@@H](C=O)CC[C@@H]12)SCCS3. The quantitative estimate of drug-likeness (QED) is 0.452. The van der Waals surface area contributed by atoms with E-state index in [-0.39, 0.29) is 10.8 Å². The Bertz CT molecular complexity index is 640. The molecule has 1 spiro atoms. The van der Waals surface area contributed by atoms with Crippen molar-refractivity contribution in [3.8, 4) is 0 Å². The second-order valence-electron chi connectivity index (χ2n) is 10.0. The van der Waals surface area contributed by atoms with E-state index in [1.165, 1.54) is 62.7 Å². The van der Waals surface area contributed by atoms with Gasteiger partial charge in [-0.15, -0.1) is 23.5 Å². The van der Waals surface area contributed by atoms with Crippen molar-refractivity contribution in [3.05, 3.63) is 11.6 Å². The summed E-state index contributed by atoms with van der Waals surface area (Å²) < 4.78 is 6.28. The topological polar surface area (TPSA) is 26.3 Å². The summed E-state index contributed by atoms with van der Waals surface area (Å²) in [4.78, 5) is 11.7. The van der Waals surface area contributed by atoms with Gasteiger partial charge >= 0.3 is 0 Å². The molecule has 1 heterocycles. The monoisotopic (exact) mass is 406 g/mol. The van der Waals surface area contributed by atoms with Crippen molar-refractivity contribution in [1.29, 1.82) is 0 Å². The van der Waals surface area contributed by atoms with Crippen LogP contribution in [0.1, 0.15) is 58.3 Å². The molecule has 0 N–H and O–H groups in total. The predicted molar refractivity (Wildman–Crippen MR) is 115 cm³/mol. The van der Waals surface area contributed by atoms with Gasteiger partial charge in [0.15, 0.2) is 0 Å². The molecular weight excluding hydrogens is 372 g/mol. The third kappa shape index (κ3) is 2.68. The van der Waals surface area contributed by atoms with Crippen LogP contribution in [0.15, 0.2) is 11.6 Å². The largest absolute Gasteiger partial charge is 0.384 e. The van der Waals surface area contributed by atoms with E-state index >= 15 is 0 Å². The van der Waals surface area contributed by atoms with Gasteiger partial charge in [-0.3, -0.25) is 0 Å². The first-order chi connectivity index (χ1) is 13.1. The summed E-state index contributed by atoms with van der Waals surface area (Å²) in [5.41, 5.74) is 2.30. The molecule has 0 bridgehead atoms. The zero-order chi connectivity index (χ0) is 18.7. The molecule has 0 aromatic carbocycles. The highest BCUT2D eigenvalue weighted by atomic mass is 32.2. The molecule has 0 unspecified atom stereocenters. The predicted octanol–water partition coefficient (Wildman–Crippen LogP) is 5.57. The highest BCUT2D eigenvalue weighted by Crippen LogP contribution is 2.68. The van der Waals surface area contributed by atoms with Crippen molar-refractivity contribution in [1.82, 2.24) is 0 Å². The van der Waals surface area contributed by atoms with E-state index in [9.17, 15) is 4.79 Å². The molecule has 4 fully saturated rings. The number of thioether (sulfide) groups is 2. The number of rotatable bonds is 3. The van der Waals surface area contributed by atoms with Crippen molar-refractivity contribution in [2.45, 2.75) is 62.4 Å². The van der Waals surface area contributed by atoms with E-state index in [1.54, 1.807) is 5.57 Å². The van der Waals surface area contributed by atoms with Gasteiger partial charge in [0.2, 0.25) is 0 Å². The van der Waals surface area contributed by atoms with Crippen LogP contribution in [0.25, 0.3) is 0 Å². The minimum absolute atomic E-state index is 0.269. The summed E-state index contributed by atoms with van der Waals surface area (Å²) in [7, 11) is 1.91. The fraction of sp³-hybridized carbons (Fsp3) is 0.870. The zero-order valence-corrected chi connectivity index (χ0v) is 18.5. The maximum atomic E-state index is 11.7. The average Bonchev–Trinajstić information content (AvgIpc) is 3.26. The molecule has 1 aliphatic heterocycles. The number of methoxy groups -OCH3 is 1. The molecule has 27 heavy (non-hydrogen) atoms. The Kier molecular flexibility index (Phi) is 4.80. The number of carbonyl (C=O) groups is 1. The lowest BCUT2D eigenvalue weighted by atomic mass is 9.46. The molecule has 5 aliphatic rings. The number of aldehydes is 1. The van der Waals surface area contributed by atoms with E-state index < -0.39 is 0 Å². The standard InChI is InChI=1S/C23H34O2S2/c1-21-8-7-20-18(19(21)6-4-17(21)14-24)5-3-16-13-23(26-11-12-27-23)10-9-22(16,20)15-25-2/h13-14,17-20H,3-12,15H2,1-2H3/t17-,18+,19+,20+,21-,22-/m1/s1. The first-order valence-electron chi connectivity index (χ1n) is 11.0. The molecule has 0 radical (unpaired) electrons. The van der Waals surface area contributed by atoms with Gasteiger partial charge in [0, 0.05) is 29.9 Å². The van der Waals surface area contributed by atoms with Crippen molar-refractivity contribution in [2.24, 2.45) is 34.5 Å². The summed E-state index contributed by atoms with van der Waals surface area (Å²) in [6.07, 6.45) is 14.2. The lowest BCUT2D eigenvalue weighted by Gasteiger charge is -2.59. The number of ether oxygens (including phenoxy) is 1. The third-order valence-electron chi connectivity index (χ3n) is 9.26. The second kappa shape index (κ2) is 6.80. The number of hydrogen-bond donors (Lipinski definition) is 0. The van der Waals surface area contributed by atoms with Crippen molar-refractivity contribution in [3.63, 3.8) is 0 Å². The van der Waals surface area contributed by atoms with Crippen LogP contribution in [0.5, 0.6) is 0 Å². The van der Waals surface area contributed by atoms with Gasteiger partial charge < -0.3 is 9.53 Å². The molecule has 4 aliphatic carbocycles. The minimum Gasteiger partial charge on any atom is -0.384 e. The molecule has 0 amide bonds. The zero-order valence-electron chi connectivity index (χ0n) is 16.9. The van der Waals surface area contributed by atoms with Crippen molar-refractivity contribution in [2.75, 3.05) is 25.2 Å². The van der Waals surface area contributed by atoms with Crippen LogP contribution in [0.3, 0.4) is 0 Å². The maximum absolute atomic E-state index is 11.7. The number of hydrogen-bond acceptors (Lipinski definition) is 4. The summed E-state index contributed by atoms with van der Waals surface area (Å²) in [5, 5.41) is 0. The fourth-order valence-electron chi connectivity index (χ4n) is 7.97. The second-order valence-corrected chi connectivity index (χ2v) is 13.2. The van der Waals surface area contributed by atoms with E-state index in [0.717, 1.165) is 30.8 Å². The van der Waals surface area contributed by atoms with Gasteiger partial charge in [-0.1, -0.05) is 18.6 Å². The van der Waals surface area contributed by atoms with Gasteiger partial charge in [0.1, 0.15) is 6.29 Å². The van der Waals surface area contributed by atoms with Crippen LogP contribution in [0, 0.1) is 34.5 Å². The molecule has 0 aromatic rings. The Morgan fingerprint density at radius 3 is 2.67 bits per heavy atom. The summed E-state index contributed by atoms with van der Waals surface area (Å²) in [6, 6.07) is 0. The molecule has 4 heteroatoms.